The van der Waals surface area contributed by atoms with Crippen molar-refractivity contribution < 1.29 is 4.79 Å². The summed E-state index contributed by atoms with van der Waals surface area (Å²) in [5.41, 5.74) is 1.40. The molecular formula is C16H22ClNO. The number of piperidine rings is 1. The van der Waals surface area contributed by atoms with E-state index in [4.69, 9.17) is 11.6 Å². The van der Waals surface area contributed by atoms with E-state index >= 15 is 0 Å². The van der Waals surface area contributed by atoms with E-state index in [2.05, 4.69) is 19.2 Å². The number of nitrogens with one attached hydrogen (secondary N) is 1. The second-order valence-electron chi connectivity index (χ2n) is 6.06. The third-order valence-corrected chi connectivity index (χ3v) is 4.74. The molecule has 3 heteroatoms. The fourth-order valence-corrected chi connectivity index (χ4v) is 2.94. The van der Waals surface area contributed by atoms with Gasteiger partial charge in [-0.1, -0.05) is 37.6 Å². The van der Waals surface area contributed by atoms with E-state index in [1.807, 2.05) is 19.1 Å². The molecular weight excluding hydrogens is 258 g/mol. The van der Waals surface area contributed by atoms with Crippen molar-refractivity contribution in [1.82, 2.24) is 5.32 Å². The van der Waals surface area contributed by atoms with Crippen molar-refractivity contribution in [1.29, 1.82) is 0 Å². The molecule has 1 unspecified atom stereocenters. The molecule has 1 aromatic rings. The Morgan fingerprint density at radius 1 is 1.42 bits per heavy atom. The first-order valence-electron chi connectivity index (χ1n) is 6.94. The van der Waals surface area contributed by atoms with E-state index in [9.17, 15) is 4.79 Å². The van der Waals surface area contributed by atoms with Crippen LogP contribution in [-0.2, 0) is 0 Å². The number of halogens is 1. The Balaban J connectivity index is 2.23. The van der Waals surface area contributed by atoms with Gasteiger partial charge in [0.1, 0.15) is 0 Å². The molecule has 0 amide bonds. The van der Waals surface area contributed by atoms with Crippen LogP contribution in [0.25, 0.3) is 0 Å². The third-order valence-electron chi connectivity index (χ3n) is 4.34. The number of Topliss-reactive ketones (excluding diaryl/α,β-unsaturated/α-hetero) is 1. The molecule has 104 valence electrons. The SMILES string of the molecule is Cc1ccc(C(=O)C(C)(C)C2CCCNC2)cc1Cl. The van der Waals surface area contributed by atoms with Crippen LogP contribution in [0.3, 0.4) is 0 Å². The van der Waals surface area contributed by atoms with Crippen LogP contribution in [0.4, 0.5) is 0 Å². The third kappa shape index (κ3) is 3.01. The highest BCUT2D eigenvalue weighted by atomic mass is 35.5. The topological polar surface area (TPSA) is 29.1 Å². The van der Waals surface area contributed by atoms with E-state index in [1.54, 1.807) is 6.07 Å². The Bertz CT molecular complexity index is 476. The minimum Gasteiger partial charge on any atom is -0.316 e. The molecule has 1 saturated heterocycles. The summed E-state index contributed by atoms with van der Waals surface area (Å²) in [6.45, 7) is 8.06. The molecule has 1 aliphatic rings. The van der Waals surface area contributed by atoms with Gasteiger partial charge in [0.05, 0.1) is 0 Å². The number of benzene rings is 1. The first kappa shape index (κ1) is 14.5. The molecule has 0 aliphatic carbocycles. The molecule has 0 aromatic heterocycles. The quantitative estimate of drug-likeness (QED) is 0.852. The van der Waals surface area contributed by atoms with Gasteiger partial charge in [-0.05, 0) is 50.4 Å². The van der Waals surface area contributed by atoms with Crippen molar-refractivity contribution in [2.75, 3.05) is 13.1 Å². The standard InChI is InChI=1S/C16H22ClNO/c1-11-6-7-12(9-14(11)17)15(19)16(2,3)13-5-4-8-18-10-13/h6-7,9,13,18H,4-5,8,10H2,1-3H3. The first-order valence-corrected chi connectivity index (χ1v) is 7.32. The molecule has 0 saturated carbocycles. The van der Waals surface area contributed by atoms with Crippen LogP contribution < -0.4 is 5.32 Å². The Hall–Kier alpha value is -0.860. The second kappa shape index (κ2) is 5.64. The number of hydrogen-bond donors (Lipinski definition) is 1. The lowest BCUT2D eigenvalue weighted by Gasteiger charge is -2.36. The summed E-state index contributed by atoms with van der Waals surface area (Å²) in [6.07, 6.45) is 2.27. The lowest BCUT2D eigenvalue weighted by atomic mass is 9.70. The van der Waals surface area contributed by atoms with Gasteiger partial charge in [0.15, 0.2) is 5.78 Å². The van der Waals surface area contributed by atoms with Crippen molar-refractivity contribution in [2.24, 2.45) is 11.3 Å². The largest absolute Gasteiger partial charge is 0.316 e. The summed E-state index contributed by atoms with van der Waals surface area (Å²) in [7, 11) is 0. The number of ketones is 1. The van der Waals surface area contributed by atoms with Crippen LogP contribution in [0.15, 0.2) is 18.2 Å². The van der Waals surface area contributed by atoms with Crippen LogP contribution in [0, 0.1) is 18.3 Å². The van der Waals surface area contributed by atoms with Gasteiger partial charge in [0.25, 0.3) is 0 Å². The molecule has 1 heterocycles. The Morgan fingerprint density at radius 3 is 2.74 bits per heavy atom. The maximum Gasteiger partial charge on any atom is 0.168 e. The van der Waals surface area contributed by atoms with Gasteiger partial charge in [-0.3, -0.25) is 4.79 Å². The number of carbonyl (C=O) groups is 1. The zero-order chi connectivity index (χ0) is 14.0. The Morgan fingerprint density at radius 2 is 2.16 bits per heavy atom. The van der Waals surface area contributed by atoms with E-state index in [0.29, 0.717) is 10.9 Å². The summed E-state index contributed by atoms with van der Waals surface area (Å²) in [5, 5.41) is 4.06. The molecule has 0 spiro atoms. The van der Waals surface area contributed by atoms with Crippen molar-refractivity contribution in [3.63, 3.8) is 0 Å². The highest BCUT2D eigenvalue weighted by Crippen LogP contribution is 2.35. The highest BCUT2D eigenvalue weighted by Gasteiger charge is 2.37. The maximum absolute atomic E-state index is 12.7. The van der Waals surface area contributed by atoms with E-state index in [1.165, 1.54) is 0 Å². The van der Waals surface area contributed by atoms with Gasteiger partial charge in [-0.2, -0.15) is 0 Å². The zero-order valence-corrected chi connectivity index (χ0v) is 12.7. The van der Waals surface area contributed by atoms with Crippen LogP contribution in [0.2, 0.25) is 5.02 Å². The van der Waals surface area contributed by atoms with Gasteiger partial charge in [-0.15, -0.1) is 0 Å². The van der Waals surface area contributed by atoms with Crippen molar-refractivity contribution in [3.05, 3.63) is 34.3 Å². The van der Waals surface area contributed by atoms with E-state index in [-0.39, 0.29) is 11.2 Å². The van der Waals surface area contributed by atoms with Gasteiger partial charge in [-0.25, -0.2) is 0 Å². The van der Waals surface area contributed by atoms with E-state index in [0.717, 1.165) is 37.1 Å². The number of hydrogen-bond acceptors (Lipinski definition) is 2. The van der Waals surface area contributed by atoms with E-state index < -0.39 is 0 Å². The molecule has 2 nitrogen and oxygen atoms in total. The smallest absolute Gasteiger partial charge is 0.168 e. The normalized spacial score (nSPS) is 20.3. The number of aryl methyl sites for hydroxylation is 1. The van der Waals surface area contributed by atoms with Gasteiger partial charge in [0, 0.05) is 16.0 Å². The second-order valence-corrected chi connectivity index (χ2v) is 6.47. The molecule has 0 radical (unpaired) electrons. The average Bonchev–Trinajstić information content (AvgIpc) is 2.42. The van der Waals surface area contributed by atoms with Crippen molar-refractivity contribution in [3.8, 4) is 0 Å². The Labute approximate surface area is 120 Å². The fourth-order valence-electron chi connectivity index (χ4n) is 2.76. The summed E-state index contributed by atoms with van der Waals surface area (Å²) >= 11 is 6.13. The summed E-state index contributed by atoms with van der Waals surface area (Å²) in [5.74, 6) is 0.594. The molecule has 1 aliphatic heterocycles. The lowest BCUT2D eigenvalue weighted by molar-refractivity contribution is 0.0708. The lowest BCUT2D eigenvalue weighted by Crippen LogP contribution is -2.42. The molecule has 2 rings (SSSR count). The minimum absolute atomic E-state index is 0.197. The molecule has 0 bridgehead atoms. The molecule has 1 atom stereocenters. The van der Waals surface area contributed by atoms with Crippen LogP contribution in [-0.4, -0.2) is 18.9 Å². The summed E-state index contributed by atoms with van der Waals surface area (Å²) in [6, 6.07) is 5.61. The monoisotopic (exact) mass is 279 g/mol. The predicted molar refractivity (Wildman–Crippen MR) is 79.9 cm³/mol. The summed E-state index contributed by atoms with van der Waals surface area (Å²) < 4.78 is 0. The molecule has 1 N–H and O–H groups in total. The number of carbonyl (C=O) groups excluding carboxylic acids is 1. The van der Waals surface area contributed by atoms with Gasteiger partial charge < -0.3 is 5.32 Å². The molecule has 1 aromatic carbocycles. The van der Waals surface area contributed by atoms with Crippen molar-refractivity contribution >= 4 is 17.4 Å². The zero-order valence-electron chi connectivity index (χ0n) is 11.9. The van der Waals surface area contributed by atoms with Gasteiger partial charge >= 0.3 is 0 Å². The Kier molecular flexibility index (Phi) is 4.32. The van der Waals surface area contributed by atoms with Crippen LogP contribution in [0.5, 0.6) is 0 Å². The first-order chi connectivity index (χ1) is 8.93. The van der Waals surface area contributed by atoms with Crippen molar-refractivity contribution in [2.45, 2.75) is 33.6 Å². The predicted octanol–water partition coefficient (Wildman–Crippen LogP) is 3.86. The maximum atomic E-state index is 12.7. The van der Waals surface area contributed by atoms with Crippen LogP contribution >= 0.6 is 11.6 Å². The highest BCUT2D eigenvalue weighted by molar-refractivity contribution is 6.31. The fraction of sp³-hybridized carbons (Fsp3) is 0.562. The number of rotatable bonds is 3. The van der Waals surface area contributed by atoms with Gasteiger partial charge in [0.2, 0.25) is 0 Å². The molecule has 1 fully saturated rings. The summed E-state index contributed by atoms with van der Waals surface area (Å²) in [4.78, 5) is 12.7. The van der Waals surface area contributed by atoms with Crippen LogP contribution in [0.1, 0.15) is 42.6 Å². The average molecular weight is 280 g/mol. The molecule has 19 heavy (non-hydrogen) atoms. The minimum atomic E-state index is -0.341.